The molecule has 0 radical (unpaired) electrons. The lowest BCUT2D eigenvalue weighted by Gasteiger charge is -2.12. The first-order valence-electron chi connectivity index (χ1n) is 5.56. The number of aliphatic hydroxyl groups is 1. The van der Waals surface area contributed by atoms with Gasteiger partial charge in [-0.3, -0.25) is 10.1 Å². The molecule has 1 aromatic heterocycles. The number of hydrogen-bond acceptors (Lipinski definition) is 5. The number of nitrogens with one attached hydrogen (secondary N) is 1. The second kappa shape index (κ2) is 6.29. The van der Waals surface area contributed by atoms with E-state index in [9.17, 15) is 19.6 Å². The van der Waals surface area contributed by atoms with Crippen LogP contribution in [0.5, 0.6) is 0 Å². The van der Waals surface area contributed by atoms with Gasteiger partial charge in [-0.1, -0.05) is 0 Å². The molecule has 0 aliphatic rings. The van der Waals surface area contributed by atoms with Crippen molar-refractivity contribution < 1.29 is 14.4 Å². The fraction of sp³-hybridized carbons (Fsp3) is 0.167. The molecule has 0 aliphatic carbocycles. The highest BCUT2D eigenvalue weighted by molar-refractivity contribution is 9.10. The molecule has 0 saturated heterocycles. The average molecular weight is 361 g/mol. The summed E-state index contributed by atoms with van der Waals surface area (Å²) in [5.74, 6) is -0.708. The van der Waals surface area contributed by atoms with E-state index in [-0.39, 0.29) is 22.4 Å². The van der Waals surface area contributed by atoms with Crippen molar-refractivity contribution in [2.24, 2.45) is 0 Å². The van der Waals surface area contributed by atoms with E-state index in [2.05, 4.69) is 21.2 Å². The smallest absolute Gasteiger partial charge is 0.295 e. The first-order chi connectivity index (χ1) is 9.49. The van der Waals surface area contributed by atoms with E-state index in [1.54, 1.807) is 11.4 Å². The van der Waals surface area contributed by atoms with Crippen molar-refractivity contribution in [3.8, 4) is 0 Å². The molecule has 0 amide bonds. The maximum atomic E-state index is 13.3. The molecular formula is C12H10BrFN2O3S. The SMILES string of the molecule is O=[N+]([O-])c1cc(F)c(Br)cc1NCC(O)c1ccsc1. The van der Waals surface area contributed by atoms with Crippen LogP contribution in [0.15, 0.2) is 33.4 Å². The van der Waals surface area contributed by atoms with E-state index < -0.39 is 16.8 Å². The van der Waals surface area contributed by atoms with Gasteiger partial charge in [0.1, 0.15) is 11.5 Å². The van der Waals surface area contributed by atoms with Crippen molar-refractivity contribution >= 4 is 38.6 Å². The summed E-state index contributed by atoms with van der Waals surface area (Å²) in [6.07, 6.45) is -0.787. The van der Waals surface area contributed by atoms with Gasteiger partial charge in [0.25, 0.3) is 5.69 Å². The summed E-state index contributed by atoms with van der Waals surface area (Å²) < 4.78 is 13.4. The van der Waals surface area contributed by atoms with Crippen molar-refractivity contribution in [3.63, 3.8) is 0 Å². The summed E-state index contributed by atoms with van der Waals surface area (Å²) >= 11 is 4.43. The summed E-state index contributed by atoms with van der Waals surface area (Å²) in [4.78, 5) is 10.2. The number of anilines is 1. The van der Waals surface area contributed by atoms with Crippen LogP contribution >= 0.6 is 27.3 Å². The van der Waals surface area contributed by atoms with Crippen molar-refractivity contribution in [2.45, 2.75) is 6.10 Å². The Balaban J connectivity index is 2.16. The van der Waals surface area contributed by atoms with Crippen LogP contribution in [-0.4, -0.2) is 16.6 Å². The topological polar surface area (TPSA) is 75.4 Å². The average Bonchev–Trinajstić information content (AvgIpc) is 2.93. The molecule has 0 fully saturated rings. The first-order valence-corrected chi connectivity index (χ1v) is 7.30. The normalized spacial score (nSPS) is 12.2. The molecular weight excluding hydrogens is 351 g/mol. The van der Waals surface area contributed by atoms with Gasteiger partial charge < -0.3 is 10.4 Å². The van der Waals surface area contributed by atoms with Gasteiger partial charge in [0.2, 0.25) is 0 Å². The Kier molecular flexibility index (Phi) is 4.69. The van der Waals surface area contributed by atoms with Crippen molar-refractivity contribution in [1.82, 2.24) is 0 Å². The third-order valence-electron chi connectivity index (χ3n) is 2.65. The summed E-state index contributed by atoms with van der Waals surface area (Å²) in [5.41, 5.74) is 0.507. The molecule has 0 aliphatic heterocycles. The number of nitro benzene ring substituents is 1. The molecule has 1 aromatic carbocycles. The number of aliphatic hydroxyl groups excluding tert-OH is 1. The van der Waals surface area contributed by atoms with E-state index in [0.29, 0.717) is 0 Å². The molecule has 0 saturated carbocycles. The van der Waals surface area contributed by atoms with Gasteiger partial charge in [-0.15, -0.1) is 0 Å². The molecule has 8 heteroatoms. The summed E-state index contributed by atoms with van der Waals surface area (Å²) in [5, 5.41) is 27.2. The lowest BCUT2D eigenvalue weighted by Crippen LogP contribution is -2.12. The molecule has 20 heavy (non-hydrogen) atoms. The van der Waals surface area contributed by atoms with Crippen molar-refractivity contribution in [2.75, 3.05) is 11.9 Å². The van der Waals surface area contributed by atoms with Gasteiger partial charge in [0.15, 0.2) is 0 Å². The van der Waals surface area contributed by atoms with Crippen molar-refractivity contribution in [3.05, 3.63) is 54.9 Å². The van der Waals surface area contributed by atoms with Crippen LogP contribution in [0.1, 0.15) is 11.7 Å². The third kappa shape index (κ3) is 3.33. The minimum absolute atomic E-state index is 0.0929. The molecule has 1 unspecified atom stereocenters. The second-order valence-corrected chi connectivity index (χ2v) is 5.63. The van der Waals surface area contributed by atoms with E-state index in [4.69, 9.17) is 0 Å². The fourth-order valence-electron chi connectivity index (χ4n) is 1.62. The number of thiophene rings is 1. The molecule has 2 rings (SSSR count). The Labute approximate surface area is 126 Å². The lowest BCUT2D eigenvalue weighted by molar-refractivity contribution is -0.384. The van der Waals surface area contributed by atoms with Crippen LogP contribution in [0.3, 0.4) is 0 Å². The molecule has 5 nitrogen and oxygen atoms in total. The van der Waals surface area contributed by atoms with Crippen LogP contribution in [0.2, 0.25) is 0 Å². The minimum Gasteiger partial charge on any atom is -0.387 e. The van der Waals surface area contributed by atoms with E-state index >= 15 is 0 Å². The Morgan fingerprint density at radius 3 is 2.90 bits per heavy atom. The van der Waals surface area contributed by atoms with E-state index in [1.807, 2.05) is 5.38 Å². The first kappa shape index (κ1) is 14.9. The number of rotatable bonds is 5. The van der Waals surface area contributed by atoms with Crippen LogP contribution in [0.4, 0.5) is 15.8 Å². The molecule has 106 valence electrons. The molecule has 2 N–H and O–H groups in total. The Hall–Kier alpha value is -1.51. The van der Waals surface area contributed by atoms with Gasteiger partial charge in [0, 0.05) is 6.54 Å². The summed E-state index contributed by atoms with van der Waals surface area (Å²) in [7, 11) is 0. The Bertz CT molecular complexity index is 621. The number of hydrogen-bond donors (Lipinski definition) is 2. The molecule has 0 bridgehead atoms. The predicted octanol–water partition coefficient (Wildman–Crippen LogP) is 3.70. The number of nitrogens with zero attached hydrogens (tertiary/aromatic N) is 1. The maximum Gasteiger partial charge on any atom is 0.295 e. The van der Waals surface area contributed by atoms with Gasteiger partial charge in [0.05, 0.1) is 21.6 Å². The monoisotopic (exact) mass is 360 g/mol. The van der Waals surface area contributed by atoms with Crippen LogP contribution in [0, 0.1) is 15.9 Å². The quantitative estimate of drug-likeness (QED) is 0.629. The molecule has 1 atom stereocenters. The maximum absolute atomic E-state index is 13.3. The van der Waals surface area contributed by atoms with Gasteiger partial charge in [-0.2, -0.15) is 11.3 Å². The van der Waals surface area contributed by atoms with E-state index in [1.165, 1.54) is 17.4 Å². The summed E-state index contributed by atoms with van der Waals surface area (Å²) in [6, 6.07) is 3.89. The number of halogens is 2. The zero-order chi connectivity index (χ0) is 14.7. The predicted molar refractivity (Wildman–Crippen MR) is 78.5 cm³/mol. The van der Waals surface area contributed by atoms with Crippen molar-refractivity contribution in [1.29, 1.82) is 0 Å². The zero-order valence-corrected chi connectivity index (χ0v) is 12.4. The minimum atomic E-state index is -0.787. The number of benzene rings is 1. The highest BCUT2D eigenvalue weighted by Gasteiger charge is 2.18. The van der Waals surface area contributed by atoms with Crippen LogP contribution in [-0.2, 0) is 0 Å². The third-order valence-corrected chi connectivity index (χ3v) is 3.96. The van der Waals surface area contributed by atoms with Gasteiger partial charge >= 0.3 is 0 Å². The Morgan fingerprint density at radius 2 is 2.30 bits per heavy atom. The fourth-order valence-corrected chi connectivity index (χ4v) is 2.67. The highest BCUT2D eigenvalue weighted by Crippen LogP contribution is 2.31. The van der Waals surface area contributed by atoms with Gasteiger partial charge in [-0.05, 0) is 44.4 Å². The second-order valence-electron chi connectivity index (χ2n) is 3.99. The lowest BCUT2D eigenvalue weighted by atomic mass is 10.2. The summed E-state index contributed by atoms with van der Waals surface area (Å²) in [6.45, 7) is 0.0929. The Morgan fingerprint density at radius 1 is 1.55 bits per heavy atom. The molecule has 0 spiro atoms. The largest absolute Gasteiger partial charge is 0.387 e. The van der Waals surface area contributed by atoms with Crippen LogP contribution in [0.25, 0.3) is 0 Å². The van der Waals surface area contributed by atoms with Crippen LogP contribution < -0.4 is 5.32 Å². The van der Waals surface area contributed by atoms with E-state index in [0.717, 1.165) is 11.6 Å². The number of nitro groups is 1. The molecule has 1 heterocycles. The zero-order valence-electron chi connectivity index (χ0n) is 10.0. The highest BCUT2D eigenvalue weighted by atomic mass is 79.9. The molecule has 2 aromatic rings. The van der Waals surface area contributed by atoms with Gasteiger partial charge in [-0.25, -0.2) is 4.39 Å². The standard InChI is InChI=1S/C12H10BrFN2O3S/c13-8-3-10(11(16(18)19)4-9(8)14)15-5-12(17)7-1-2-20-6-7/h1-4,6,12,15,17H,5H2.